The Balaban J connectivity index is 1.12. The Bertz CT molecular complexity index is 3070. The Morgan fingerprint density at radius 2 is 1.00 bits per heavy atom. The minimum atomic E-state index is 0.692. The van der Waals surface area contributed by atoms with Gasteiger partial charge in [0.2, 0.25) is 0 Å². The Kier molecular flexibility index (Phi) is 7.46. The van der Waals surface area contributed by atoms with Crippen molar-refractivity contribution in [2.24, 2.45) is 0 Å². The summed E-state index contributed by atoms with van der Waals surface area (Å²) < 4.78 is 2.42. The summed E-state index contributed by atoms with van der Waals surface area (Å²) in [7, 11) is 0. The second kappa shape index (κ2) is 13.1. The predicted octanol–water partition coefficient (Wildman–Crippen LogP) is 13.7. The zero-order chi connectivity index (χ0) is 37.0. The van der Waals surface area contributed by atoms with Gasteiger partial charge in [-0.2, -0.15) is 0 Å². The van der Waals surface area contributed by atoms with Crippen LogP contribution in [0.2, 0.25) is 0 Å². The van der Waals surface area contributed by atoms with Gasteiger partial charge in [0, 0.05) is 38.9 Å². The first-order chi connectivity index (χ1) is 27.8. The molecule has 3 heterocycles. The monoisotopic (exact) mass is 714 g/mol. The molecule has 0 amide bonds. The highest BCUT2D eigenvalue weighted by atomic mass is 15.3. The third-order valence-corrected chi connectivity index (χ3v) is 10.9. The van der Waals surface area contributed by atoms with Gasteiger partial charge in [0.05, 0.1) is 28.3 Å². The van der Waals surface area contributed by atoms with E-state index in [1.165, 1.54) is 43.9 Å². The summed E-state index contributed by atoms with van der Waals surface area (Å²) in [5.74, 6) is 1.77. The van der Waals surface area contributed by atoms with Crippen molar-refractivity contribution in [3.05, 3.63) is 206 Å². The average molecular weight is 715 g/mol. The Morgan fingerprint density at radius 3 is 1.82 bits per heavy atom. The van der Waals surface area contributed by atoms with E-state index in [4.69, 9.17) is 9.97 Å². The van der Waals surface area contributed by atoms with Gasteiger partial charge >= 0.3 is 0 Å². The van der Waals surface area contributed by atoms with Crippen molar-refractivity contribution in [3.63, 3.8) is 0 Å². The van der Waals surface area contributed by atoms with Crippen molar-refractivity contribution in [1.29, 1.82) is 0 Å². The molecule has 4 heteroatoms. The van der Waals surface area contributed by atoms with E-state index in [1.54, 1.807) is 0 Å². The molecule has 1 aliphatic heterocycles. The van der Waals surface area contributed by atoms with Crippen LogP contribution in [-0.4, -0.2) is 14.5 Å². The second-order valence-corrected chi connectivity index (χ2v) is 14.3. The van der Waals surface area contributed by atoms with Crippen LogP contribution in [0.15, 0.2) is 206 Å². The van der Waals surface area contributed by atoms with Gasteiger partial charge in [-0.1, -0.05) is 164 Å². The first-order valence-corrected chi connectivity index (χ1v) is 19.0. The number of fused-ring (bicyclic) bond motifs is 9. The maximum Gasteiger partial charge on any atom is 0.160 e. The van der Waals surface area contributed by atoms with Crippen LogP contribution in [0.1, 0.15) is 0 Å². The van der Waals surface area contributed by atoms with E-state index < -0.39 is 0 Å². The van der Waals surface area contributed by atoms with Gasteiger partial charge in [-0.3, -0.25) is 9.47 Å². The topological polar surface area (TPSA) is 34.0 Å². The summed E-state index contributed by atoms with van der Waals surface area (Å²) in [5.41, 5.74) is 14.0. The van der Waals surface area contributed by atoms with Crippen molar-refractivity contribution in [1.82, 2.24) is 14.5 Å². The van der Waals surface area contributed by atoms with Crippen molar-refractivity contribution in [2.45, 2.75) is 0 Å². The van der Waals surface area contributed by atoms with Gasteiger partial charge in [-0.05, 0) is 64.4 Å². The smallest absolute Gasteiger partial charge is 0.160 e. The molecule has 2 aromatic heterocycles. The number of nitrogens with zero attached hydrogens (tertiary/aromatic N) is 4. The minimum absolute atomic E-state index is 0.692. The van der Waals surface area contributed by atoms with Gasteiger partial charge in [0.1, 0.15) is 5.82 Å². The largest absolute Gasteiger partial charge is 0.295 e. The van der Waals surface area contributed by atoms with Crippen LogP contribution in [0.5, 0.6) is 0 Å². The molecule has 0 saturated carbocycles. The molecule has 56 heavy (non-hydrogen) atoms. The van der Waals surface area contributed by atoms with E-state index in [2.05, 4.69) is 191 Å². The molecule has 4 nitrogen and oxygen atoms in total. The summed E-state index contributed by atoms with van der Waals surface area (Å²) in [6, 6.07) is 73.4. The van der Waals surface area contributed by atoms with Crippen LogP contribution in [-0.2, 0) is 0 Å². The number of hydrogen-bond acceptors (Lipinski definition) is 3. The molecule has 0 bridgehead atoms. The van der Waals surface area contributed by atoms with Gasteiger partial charge in [-0.15, -0.1) is 0 Å². The number of anilines is 3. The van der Waals surface area contributed by atoms with Crippen molar-refractivity contribution in [3.8, 4) is 61.8 Å². The van der Waals surface area contributed by atoms with Crippen LogP contribution in [0.4, 0.5) is 17.2 Å². The molecule has 0 unspecified atom stereocenters. The zero-order valence-corrected chi connectivity index (χ0v) is 30.4. The SMILES string of the molecule is c1ccc(-c2ccc(-c3cc(-c4cccc(N5c6ccc7ccccc7c6-c6ccccc6-n6c5cc5ccccc56)c4)nc(-c4ccccc4)n3)cc2)cc1. The number of aromatic nitrogens is 3. The fraction of sp³-hybridized carbons (Fsp3) is 0. The van der Waals surface area contributed by atoms with Gasteiger partial charge in [0.25, 0.3) is 0 Å². The highest BCUT2D eigenvalue weighted by Crippen LogP contribution is 2.51. The molecule has 0 radical (unpaired) electrons. The maximum atomic E-state index is 5.23. The number of hydrogen-bond donors (Lipinski definition) is 0. The van der Waals surface area contributed by atoms with Crippen LogP contribution in [0.3, 0.4) is 0 Å². The molecule has 10 aromatic rings. The number of para-hydroxylation sites is 2. The van der Waals surface area contributed by atoms with Crippen LogP contribution >= 0.6 is 0 Å². The fourth-order valence-corrected chi connectivity index (χ4v) is 8.29. The van der Waals surface area contributed by atoms with Crippen LogP contribution < -0.4 is 4.90 Å². The number of rotatable bonds is 5. The average Bonchev–Trinajstić information content (AvgIpc) is 3.60. The molecular formula is C52H34N4. The maximum absolute atomic E-state index is 5.23. The van der Waals surface area contributed by atoms with E-state index in [0.717, 1.165) is 51.0 Å². The normalized spacial score (nSPS) is 11.9. The Morgan fingerprint density at radius 1 is 0.375 bits per heavy atom. The van der Waals surface area contributed by atoms with Crippen LogP contribution in [0, 0.1) is 0 Å². The highest BCUT2D eigenvalue weighted by Gasteiger charge is 2.29. The van der Waals surface area contributed by atoms with Crippen LogP contribution in [0.25, 0.3) is 83.5 Å². The summed E-state index contributed by atoms with van der Waals surface area (Å²) >= 11 is 0. The minimum Gasteiger partial charge on any atom is -0.295 e. The molecule has 0 fully saturated rings. The van der Waals surface area contributed by atoms with Gasteiger partial charge in [0.15, 0.2) is 5.82 Å². The molecule has 0 saturated heterocycles. The van der Waals surface area contributed by atoms with E-state index in [9.17, 15) is 0 Å². The standard InChI is InChI=1S/C52H34N4/c1-3-14-35(15-4-1)36-26-28-38(29-27-36)45-34-46(54-52(53-45)39-17-5-2-6-18-39)40-20-13-21-42(32-40)55-49-31-30-37-16-7-9-22-43(37)51(49)44-23-10-12-25-48(44)56-47-24-11-8-19-41(47)33-50(55)56/h1-34H. The van der Waals surface area contributed by atoms with E-state index in [-0.39, 0.29) is 0 Å². The third kappa shape index (κ3) is 5.31. The highest BCUT2D eigenvalue weighted by molar-refractivity contribution is 6.09. The van der Waals surface area contributed by atoms with E-state index in [0.29, 0.717) is 5.82 Å². The summed E-state index contributed by atoms with van der Waals surface area (Å²) in [4.78, 5) is 12.8. The van der Waals surface area contributed by atoms with E-state index in [1.807, 2.05) is 24.3 Å². The predicted molar refractivity (Wildman–Crippen MR) is 232 cm³/mol. The van der Waals surface area contributed by atoms with Crippen molar-refractivity contribution < 1.29 is 0 Å². The molecule has 11 rings (SSSR count). The quantitative estimate of drug-likeness (QED) is 0.178. The fourth-order valence-electron chi connectivity index (χ4n) is 8.29. The third-order valence-electron chi connectivity index (χ3n) is 10.9. The second-order valence-electron chi connectivity index (χ2n) is 14.3. The Hall–Kier alpha value is -7.56. The summed E-state index contributed by atoms with van der Waals surface area (Å²) in [6.45, 7) is 0. The first kappa shape index (κ1) is 31.9. The lowest BCUT2D eigenvalue weighted by atomic mass is 9.94. The molecule has 1 aliphatic rings. The van der Waals surface area contributed by atoms with Crippen molar-refractivity contribution >= 4 is 38.9 Å². The van der Waals surface area contributed by atoms with Gasteiger partial charge in [-0.25, -0.2) is 9.97 Å². The molecule has 8 aromatic carbocycles. The first-order valence-electron chi connectivity index (χ1n) is 19.0. The molecular weight excluding hydrogens is 681 g/mol. The Labute approximate surface area is 325 Å². The summed E-state index contributed by atoms with van der Waals surface area (Å²) in [6.07, 6.45) is 0. The lowest BCUT2D eigenvalue weighted by molar-refractivity contribution is 1.09. The zero-order valence-electron chi connectivity index (χ0n) is 30.4. The number of benzene rings is 8. The van der Waals surface area contributed by atoms with Crippen molar-refractivity contribution in [2.75, 3.05) is 4.90 Å². The molecule has 0 N–H and O–H groups in total. The lowest BCUT2D eigenvalue weighted by Crippen LogP contribution is -2.13. The van der Waals surface area contributed by atoms with E-state index >= 15 is 0 Å². The molecule has 0 atom stereocenters. The summed E-state index contributed by atoms with van der Waals surface area (Å²) in [5, 5.41) is 3.62. The molecule has 0 aliphatic carbocycles. The van der Waals surface area contributed by atoms with Gasteiger partial charge < -0.3 is 0 Å². The molecule has 0 spiro atoms. The lowest BCUT2D eigenvalue weighted by Gasteiger charge is -2.27. The molecule has 262 valence electrons.